The molecular formula is C23H21FN6O2. The van der Waals surface area contributed by atoms with E-state index in [1.54, 1.807) is 55.6 Å². The van der Waals surface area contributed by atoms with Crippen LogP contribution >= 0.6 is 0 Å². The van der Waals surface area contributed by atoms with Gasteiger partial charge >= 0.3 is 0 Å². The second-order valence-corrected chi connectivity index (χ2v) is 7.18. The lowest BCUT2D eigenvalue weighted by Gasteiger charge is -2.24. The van der Waals surface area contributed by atoms with E-state index in [0.717, 1.165) is 0 Å². The number of halogens is 1. The third kappa shape index (κ3) is 4.37. The van der Waals surface area contributed by atoms with E-state index >= 15 is 0 Å². The summed E-state index contributed by atoms with van der Waals surface area (Å²) in [7, 11) is 0. The van der Waals surface area contributed by atoms with Crippen LogP contribution in [0.25, 0.3) is 11.4 Å². The number of hydrogen-bond donors (Lipinski definition) is 3. The molecule has 1 aliphatic heterocycles. The second kappa shape index (κ2) is 9.01. The maximum absolute atomic E-state index is 14.3. The largest absolute Gasteiger partial charge is 0.465 e. The molecule has 0 saturated heterocycles. The number of aliphatic hydroxyl groups excluding tert-OH is 1. The number of ether oxygens (including phenoxy) is 1. The third-order valence-corrected chi connectivity index (χ3v) is 4.90. The summed E-state index contributed by atoms with van der Waals surface area (Å²) in [5, 5.41) is 26.7. The quantitative estimate of drug-likeness (QED) is 0.551. The molecule has 1 aromatic heterocycles. The van der Waals surface area contributed by atoms with Crippen molar-refractivity contribution in [2.45, 2.75) is 19.3 Å². The number of aliphatic hydroxyl groups is 1. The van der Waals surface area contributed by atoms with Gasteiger partial charge in [0, 0.05) is 36.0 Å². The number of aliphatic imine (C=N–C) groups is 1. The first-order valence-corrected chi connectivity index (χ1v) is 9.91. The second-order valence-electron chi connectivity index (χ2n) is 7.18. The Balaban J connectivity index is 1.69. The lowest BCUT2D eigenvalue weighted by Crippen LogP contribution is -2.39. The molecule has 3 aromatic rings. The number of benzene rings is 2. The van der Waals surface area contributed by atoms with Crippen molar-refractivity contribution in [3.8, 4) is 17.5 Å². The Morgan fingerprint density at radius 1 is 1.34 bits per heavy atom. The van der Waals surface area contributed by atoms with Gasteiger partial charge in [0.15, 0.2) is 6.23 Å². The normalized spacial score (nSPS) is 16.4. The fourth-order valence-corrected chi connectivity index (χ4v) is 3.30. The number of rotatable bonds is 6. The van der Waals surface area contributed by atoms with Crippen molar-refractivity contribution in [1.29, 1.82) is 5.26 Å². The van der Waals surface area contributed by atoms with E-state index in [4.69, 9.17) is 10.5 Å². The van der Waals surface area contributed by atoms with E-state index in [-0.39, 0.29) is 12.4 Å². The monoisotopic (exact) mass is 432 g/mol. The van der Waals surface area contributed by atoms with E-state index in [9.17, 15) is 14.8 Å². The predicted octanol–water partition coefficient (Wildman–Crippen LogP) is 2.64. The van der Waals surface area contributed by atoms with Crippen LogP contribution in [0.5, 0.6) is 5.75 Å². The zero-order valence-electron chi connectivity index (χ0n) is 17.2. The van der Waals surface area contributed by atoms with Crippen LogP contribution in [0.3, 0.4) is 0 Å². The summed E-state index contributed by atoms with van der Waals surface area (Å²) < 4.78 is 22.0. The molecule has 2 aromatic carbocycles. The average Bonchev–Trinajstić information content (AvgIpc) is 3.28. The first kappa shape index (κ1) is 21.2. The molecule has 0 saturated carbocycles. The van der Waals surface area contributed by atoms with Gasteiger partial charge in [-0.3, -0.25) is 0 Å². The smallest absolute Gasteiger partial charge is 0.192 e. The van der Waals surface area contributed by atoms with E-state index < -0.39 is 12.3 Å². The number of nitrogens with two attached hydrogens (primary N) is 1. The summed E-state index contributed by atoms with van der Waals surface area (Å²) in [6, 6.07) is 13.4. The zero-order valence-corrected chi connectivity index (χ0v) is 17.2. The van der Waals surface area contributed by atoms with E-state index in [1.807, 2.05) is 0 Å². The molecule has 0 spiro atoms. The summed E-state index contributed by atoms with van der Waals surface area (Å²) in [6.45, 7) is 1.82. The number of nitrogens with one attached hydrogen (secondary N) is 1. The number of aromatic nitrogens is 2. The Labute approximate surface area is 184 Å². The van der Waals surface area contributed by atoms with Crippen LogP contribution in [0.15, 0.2) is 65.9 Å². The molecular weight excluding hydrogens is 411 g/mol. The van der Waals surface area contributed by atoms with Gasteiger partial charge < -0.3 is 20.9 Å². The molecule has 2 heterocycles. The minimum Gasteiger partial charge on any atom is -0.465 e. The van der Waals surface area contributed by atoms with Crippen molar-refractivity contribution in [2.24, 2.45) is 10.7 Å². The SMILES string of the molecule is CC1=NC(c2ccccc2F)=CC(Oc2cc(C#N)ccc2-n2cc([C@@H](O)CN)cn2)N1. The molecule has 1 aliphatic rings. The van der Waals surface area contributed by atoms with E-state index in [0.29, 0.717) is 39.7 Å². The number of nitriles is 1. The fraction of sp³-hybridized carbons (Fsp3) is 0.174. The minimum absolute atomic E-state index is 0.0661. The zero-order chi connectivity index (χ0) is 22.7. The van der Waals surface area contributed by atoms with Gasteiger partial charge in [-0.1, -0.05) is 12.1 Å². The lowest BCUT2D eigenvalue weighted by molar-refractivity contribution is 0.186. The Hall–Kier alpha value is -4.00. The van der Waals surface area contributed by atoms with Gasteiger partial charge in [-0.25, -0.2) is 14.1 Å². The Kier molecular flexibility index (Phi) is 5.98. The number of nitrogens with zero attached hydrogens (tertiary/aromatic N) is 4. The molecule has 0 aliphatic carbocycles. The molecule has 9 heteroatoms. The summed E-state index contributed by atoms with van der Waals surface area (Å²) in [4.78, 5) is 4.39. The highest BCUT2D eigenvalue weighted by molar-refractivity contribution is 5.88. The van der Waals surface area contributed by atoms with Crippen molar-refractivity contribution >= 4 is 11.5 Å². The minimum atomic E-state index is -0.836. The van der Waals surface area contributed by atoms with Crippen LogP contribution in [0, 0.1) is 17.1 Å². The molecule has 4 N–H and O–H groups in total. The van der Waals surface area contributed by atoms with Crippen molar-refractivity contribution < 1.29 is 14.2 Å². The molecule has 0 fully saturated rings. The molecule has 0 bridgehead atoms. The van der Waals surface area contributed by atoms with Crippen LogP contribution in [0.1, 0.15) is 29.7 Å². The molecule has 8 nitrogen and oxygen atoms in total. The summed E-state index contributed by atoms with van der Waals surface area (Å²) in [5.74, 6) is 0.545. The highest BCUT2D eigenvalue weighted by atomic mass is 19.1. The highest BCUT2D eigenvalue weighted by Crippen LogP contribution is 2.28. The standard InChI is InChI=1S/C23H21FN6O2/c1-14-28-19(17-4-2-3-5-18(17)24)9-23(29-14)32-22-8-15(10-25)6-7-20(22)30-13-16(12-27-30)21(31)11-26/h2-9,12-13,21,23,31H,11,26H2,1H3,(H,28,29)/t21-,23?/m0/s1. The average molecular weight is 432 g/mol. The Bertz CT molecular complexity index is 1240. The lowest BCUT2D eigenvalue weighted by atomic mass is 10.1. The van der Waals surface area contributed by atoms with Gasteiger partial charge in [0.05, 0.1) is 29.6 Å². The highest BCUT2D eigenvalue weighted by Gasteiger charge is 2.20. The summed E-state index contributed by atoms with van der Waals surface area (Å²) in [6.07, 6.45) is 3.33. The van der Waals surface area contributed by atoms with Crippen molar-refractivity contribution in [1.82, 2.24) is 15.1 Å². The van der Waals surface area contributed by atoms with Crippen LogP contribution in [0.2, 0.25) is 0 Å². The molecule has 0 amide bonds. The van der Waals surface area contributed by atoms with Crippen molar-refractivity contribution in [3.05, 3.63) is 83.4 Å². The molecule has 2 atom stereocenters. The molecule has 0 radical (unpaired) electrons. The van der Waals surface area contributed by atoms with Crippen LogP contribution < -0.4 is 15.8 Å². The first-order valence-electron chi connectivity index (χ1n) is 9.91. The Morgan fingerprint density at radius 2 is 2.16 bits per heavy atom. The van der Waals surface area contributed by atoms with E-state index in [1.165, 1.54) is 16.9 Å². The van der Waals surface area contributed by atoms with Crippen LogP contribution in [-0.2, 0) is 0 Å². The summed E-state index contributed by atoms with van der Waals surface area (Å²) in [5.41, 5.74) is 7.85. The van der Waals surface area contributed by atoms with Crippen molar-refractivity contribution in [2.75, 3.05) is 6.54 Å². The fourth-order valence-electron chi connectivity index (χ4n) is 3.30. The van der Waals surface area contributed by atoms with Gasteiger partial charge in [-0.05, 0) is 31.2 Å². The van der Waals surface area contributed by atoms with Crippen LogP contribution in [0.4, 0.5) is 4.39 Å². The topological polar surface area (TPSA) is 121 Å². The predicted molar refractivity (Wildman–Crippen MR) is 117 cm³/mol. The van der Waals surface area contributed by atoms with Gasteiger partial charge in [0.2, 0.25) is 0 Å². The van der Waals surface area contributed by atoms with Gasteiger partial charge in [0.1, 0.15) is 23.1 Å². The number of amidine groups is 1. The molecule has 4 rings (SSSR count). The molecule has 162 valence electrons. The Morgan fingerprint density at radius 3 is 2.91 bits per heavy atom. The first-order chi connectivity index (χ1) is 15.5. The van der Waals surface area contributed by atoms with Gasteiger partial charge in [-0.15, -0.1) is 0 Å². The molecule has 1 unspecified atom stereocenters. The maximum atomic E-state index is 14.3. The van der Waals surface area contributed by atoms with Crippen LogP contribution in [-0.4, -0.2) is 33.5 Å². The van der Waals surface area contributed by atoms with Crippen molar-refractivity contribution in [3.63, 3.8) is 0 Å². The maximum Gasteiger partial charge on any atom is 0.192 e. The van der Waals surface area contributed by atoms with E-state index in [2.05, 4.69) is 21.5 Å². The molecule has 32 heavy (non-hydrogen) atoms. The number of hydrogen-bond acceptors (Lipinski definition) is 7. The van der Waals surface area contributed by atoms with Gasteiger partial charge in [0.25, 0.3) is 0 Å². The van der Waals surface area contributed by atoms with Gasteiger partial charge in [-0.2, -0.15) is 10.4 Å². The summed E-state index contributed by atoms with van der Waals surface area (Å²) >= 11 is 0. The third-order valence-electron chi connectivity index (χ3n) is 4.90.